The molecular weight excluding hydrogens is 278 g/mol. The van der Waals surface area contributed by atoms with Crippen molar-refractivity contribution in [3.63, 3.8) is 0 Å². The lowest BCUT2D eigenvalue weighted by atomic mass is 10.1. The number of phenols is 1. The van der Waals surface area contributed by atoms with Gasteiger partial charge in [0.2, 0.25) is 0 Å². The molecule has 0 saturated heterocycles. The summed E-state index contributed by atoms with van der Waals surface area (Å²) in [6.45, 7) is 0. The molecule has 0 saturated carbocycles. The minimum atomic E-state index is -0.443. The minimum Gasteiger partial charge on any atom is -0.507 e. The molecule has 0 aliphatic rings. The normalized spacial score (nSPS) is 11.3. The highest BCUT2D eigenvalue weighted by atomic mass is 35.5. The molecule has 0 unspecified atom stereocenters. The quantitative estimate of drug-likeness (QED) is 0.685. The van der Waals surface area contributed by atoms with Gasteiger partial charge in [0.1, 0.15) is 5.75 Å². The molecule has 0 spiro atoms. The smallest absolute Gasteiger partial charge is 0.251 e. The fraction of sp³-hybridized carbons (Fsp3) is 0.0667. The van der Waals surface area contributed by atoms with Crippen LogP contribution in [0.3, 0.4) is 0 Å². The Hall–Kier alpha value is -2.33. The van der Waals surface area contributed by atoms with E-state index < -0.39 is 4.92 Å². The Morgan fingerprint density at radius 2 is 1.85 bits per heavy atom. The summed E-state index contributed by atoms with van der Waals surface area (Å²) in [5.41, 5.74) is 1.22. The zero-order chi connectivity index (χ0) is 14.5. The first-order valence-corrected chi connectivity index (χ1v) is 6.31. The van der Waals surface area contributed by atoms with Crippen molar-refractivity contribution in [1.29, 1.82) is 0 Å². The topological polar surface area (TPSA) is 63.4 Å². The fourth-order valence-corrected chi connectivity index (χ4v) is 1.89. The van der Waals surface area contributed by atoms with E-state index in [1.165, 1.54) is 12.1 Å². The van der Waals surface area contributed by atoms with Crippen LogP contribution >= 0.6 is 11.6 Å². The third-order valence-electron chi connectivity index (χ3n) is 2.79. The number of aromatic hydroxyl groups is 1. The Morgan fingerprint density at radius 3 is 2.45 bits per heavy atom. The van der Waals surface area contributed by atoms with E-state index in [0.29, 0.717) is 10.6 Å². The van der Waals surface area contributed by atoms with Gasteiger partial charge in [-0.25, -0.2) is 0 Å². The maximum atomic E-state index is 11.1. The van der Waals surface area contributed by atoms with Crippen LogP contribution in [0.5, 0.6) is 5.75 Å². The van der Waals surface area contributed by atoms with Crippen molar-refractivity contribution in [3.8, 4) is 5.75 Å². The highest BCUT2D eigenvalue weighted by Gasteiger charge is 2.13. The lowest BCUT2D eigenvalue weighted by Crippen LogP contribution is -2.02. The molecule has 2 aromatic carbocycles. The average Bonchev–Trinajstić information content (AvgIpc) is 2.42. The highest BCUT2D eigenvalue weighted by molar-refractivity contribution is 6.30. The van der Waals surface area contributed by atoms with Crippen LogP contribution in [0.15, 0.2) is 54.2 Å². The molecule has 0 heterocycles. The molecule has 102 valence electrons. The summed E-state index contributed by atoms with van der Waals surface area (Å²) in [6.07, 6.45) is 1.54. The Morgan fingerprint density at radius 1 is 1.20 bits per heavy atom. The second kappa shape index (κ2) is 6.21. The molecule has 20 heavy (non-hydrogen) atoms. The third-order valence-corrected chi connectivity index (χ3v) is 3.04. The number of phenolic OH excluding ortho intramolecular Hbond substituents is 1. The first-order chi connectivity index (χ1) is 9.56. The number of rotatable bonds is 4. The number of allylic oxidation sites excluding steroid dienone is 1. The number of hydrogen-bond donors (Lipinski definition) is 1. The van der Waals surface area contributed by atoms with Crippen LogP contribution in [0.2, 0.25) is 5.02 Å². The summed E-state index contributed by atoms with van der Waals surface area (Å²) in [7, 11) is 0. The largest absolute Gasteiger partial charge is 0.507 e. The Bertz CT molecular complexity index is 650. The van der Waals surface area contributed by atoms with E-state index >= 15 is 0 Å². The monoisotopic (exact) mass is 289 g/mol. The van der Waals surface area contributed by atoms with Crippen LogP contribution in [-0.4, -0.2) is 10.0 Å². The SMILES string of the molecule is O=[N+]([O-])C(=Cc1ccccc1O)Cc1ccc(Cl)cc1. The number of halogens is 1. The molecule has 0 amide bonds. The van der Waals surface area contributed by atoms with Gasteiger partial charge in [-0.3, -0.25) is 10.1 Å². The summed E-state index contributed by atoms with van der Waals surface area (Å²) < 4.78 is 0. The lowest BCUT2D eigenvalue weighted by Gasteiger charge is -2.02. The summed E-state index contributed by atoms with van der Waals surface area (Å²) in [4.78, 5) is 10.7. The molecule has 0 aromatic heterocycles. The van der Waals surface area contributed by atoms with Crippen LogP contribution < -0.4 is 0 Å². The van der Waals surface area contributed by atoms with E-state index in [0.717, 1.165) is 5.56 Å². The molecule has 0 radical (unpaired) electrons. The van der Waals surface area contributed by atoms with Gasteiger partial charge in [0, 0.05) is 16.7 Å². The van der Waals surface area contributed by atoms with E-state index in [1.807, 2.05) is 0 Å². The minimum absolute atomic E-state index is 0.00817. The van der Waals surface area contributed by atoms with Crippen molar-refractivity contribution in [3.05, 3.63) is 80.5 Å². The highest BCUT2D eigenvalue weighted by Crippen LogP contribution is 2.21. The predicted octanol–water partition coefficient (Wildman–Crippen LogP) is 3.91. The Balaban J connectivity index is 2.30. The molecule has 1 N–H and O–H groups in total. The molecule has 2 aromatic rings. The Kier molecular flexibility index (Phi) is 4.38. The molecule has 0 fully saturated rings. The molecule has 0 atom stereocenters. The van der Waals surface area contributed by atoms with Gasteiger partial charge < -0.3 is 5.11 Å². The van der Waals surface area contributed by atoms with E-state index in [1.54, 1.807) is 42.5 Å². The number of nitrogens with zero attached hydrogens (tertiary/aromatic N) is 1. The zero-order valence-electron chi connectivity index (χ0n) is 10.5. The van der Waals surface area contributed by atoms with Gasteiger partial charge >= 0.3 is 0 Å². The maximum absolute atomic E-state index is 11.1. The van der Waals surface area contributed by atoms with Gasteiger partial charge in [-0.2, -0.15) is 0 Å². The third kappa shape index (κ3) is 3.59. The zero-order valence-corrected chi connectivity index (χ0v) is 11.2. The first kappa shape index (κ1) is 14.1. The number of benzene rings is 2. The van der Waals surface area contributed by atoms with Crippen LogP contribution in [0.1, 0.15) is 11.1 Å². The molecule has 4 nitrogen and oxygen atoms in total. The van der Waals surface area contributed by atoms with Gasteiger partial charge in [-0.05, 0) is 23.8 Å². The standard InChI is InChI=1S/C15H12ClNO3/c16-13-7-5-11(6-8-13)9-14(17(19)20)10-12-3-1-2-4-15(12)18/h1-8,10,18H,9H2. The summed E-state index contributed by atoms with van der Waals surface area (Å²) in [6, 6.07) is 13.4. The fourth-order valence-electron chi connectivity index (χ4n) is 1.77. The second-order valence-electron chi connectivity index (χ2n) is 4.25. The molecule has 5 heteroatoms. The van der Waals surface area contributed by atoms with Gasteiger partial charge in [-0.15, -0.1) is 0 Å². The first-order valence-electron chi connectivity index (χ1n) is 5.93. The van der Waals surface area contributed by atoms with Crippen LogP contribution in [0, 0.1) is 10.1 Å². The van der Waals surface area contributed by atoms with Crippen molar-refractivity contribution in [2.24, 2.45) is 0 Å². The maximum Gasteiger partial charge on any atom is 0.251 e. The summed E-state index contributed by atoms with van der Waals surface area (Å²) >= 11 is 5.78. The van der Waals surface area contributed by atoms with Gasteiger partial charge in [0.15, 0.2) is 0 Å². The number of hydrogen-bond acceptors (Lipinski definition) is 3. The van der Waals surface area contributed by atoms with Crippen molar-refractivity contribution in [1.82, 2.24) is 0 Å². The summed E-state index contributed by atoms with van der Waals surface area (Å²) in [5.74, 6) is 0.0166. The van der Waals surface area contributed by atoms with Gasteiger partial charge in [0.25, 0.3) is 5.70 Å². The molecule has 0 aliphatic heterocycles. The lowest BCUT2D eigenvalue weighted by molar-refractivity contribution is -0.425. The van der Waals surface area contributed by atoms with Gasteiger partial charge in [0.05, 0.1) is 11.3 Å². The average molecular weight is 290 g/mol. The summed E-state index contributed by atoms with van der Waals surface area (Å²) in [5, 5.41) is 21.4. The molecule has 0 bridgehead atoms. The molecule has 0 aliphatic carbocycles. The second-order valence-corrected chi connectivity index (χ2v) is 4.69. The molecule has 2 rings (SSSR count). The van der Waals surface area contributed by atoms with Crippen LogP contribution in [0.4, 0.5) is 0 Å². The predicted molar refractivity (Wildman–Crippen MR) is 78.2 cm³/mol. The number of para-hydroxylation sites is 1. The van der Waals surface area contributed by atoms with E-state index in [9.17, 15) is 15.2 Å². The van der Waals surface area contributed by atoms with E-state index in [2.05, 4.69) is 0 Å². The van der Waals surface area contributed by atoms with E-state index in [4.69, 9.17) is 11.6 Å². The molecular formula is C15H12ClNO3. The van der Waals surface area contributed by atoms with E-state index in [-0.39, 0.29) is 17.9 Å². The Labute approximate surface area is 121 Å². The van der Waals surface area contributed by atoms with Crippen molar-refractivity contribution >= 4 is 17.7 Å². The van der Waals surface area contributed by atoms with Crippen molar-refractivity contribution < 1.29 is 10.0 Å². The van der Waals surface area contributed by atoms with Gasteiger partial charge in [-0.1, -0.05) is 41.9 Å². The van der Waals surface area contributed by atoms with Crippen molar-refractivity contribution in [2.75, 3.05) is 0 Å². The van der Waals surface area contributed by atoms with Crippen molar-refractivity contribution in [2.45, 2.75) is 6.42 Å². The van der Waals surface area contributed by atoms with Crippen LogP contribution in [-0.2, 0) is 6.42 Å². The van der Waals surface area contributed by atoms with Crippen LogP contribution in [0.25, 0.3) is 6.08 Å². The number of nitro groups is 1.